The van der Waals surface area contributed by atoms with Crippen molar-refractivity contribution in [3.63, 3.8) is 0 Å². The zero-order valence-corrected chi connectivity index (χ0v) is 12.2. The molecule has 19 heavy (non-hydrogen) atoms. The van der Waals surface area contributed by atoms with Gasteiger partial charge in [0.1, 0.15) is 0 Å². The first kappa shape index (κ1) is 13.1. The molecule has 1 aromatic carbocycles. The summed E-state index contributed by atoms with van der Waals surface area (Å²) in [6.07, 6.45) is 5.16. The molecule has 0 atom stereocenters. The van der Waals surface area contributed by atoms with Gasteiger partial charge in [0.15, 0.2) is 9.84 Å². The molecular formula is C14H15ClO3S. The van der Waals surface area contributed by atoms with Gasteiger partial charge in [-0.2, -0.15) is 0 Å². The van der Waals surface area contributed by atoms with Gasteiger partial charge in [0.25, 0.3) is 5.24 Å². The number of hydrogen-bond donors (Lipinski definition) is 0. The number of carbonyl (C=O) groups is 1. The van der Waals surface area contributed by atoms with E-state index in [1.807, 2.05) is 0 Å². The fourth-order valence-electron chi connectivity index (χ4n) is 2.69. The minimum atomic E-state index is -3.34. The quantitative estimate of drug-likeness (QED) is 0.802. The van der Waals surface area contributed by atoms with Crippen LogP contribution in [-0.2, 0) is 9.84 Å². The van der Waals surface area contributed by atoms with E-state index in [1.54, 1.807) is 12.1 Å². The fraction of sp³-hybridized carbons (Fsp3) is 0.500. The van der Waals surface area contributed by atoms with E-state index in [4.69, 9.17) is 11.6 Å². The maximum Gasteiger partial charge on any atom is 0.252 e. The summed E-state index contributed by atoms with van der Waals surface area (Å²) in [5, 5.41) is -0.561. The van der Waals surface area contributed by atoms with E-state index >= 15 is 0 Å². The third-order valence-corrected chi connectivity index (χ3v) is 5.21. The van der Waals surface area contributed by atoms with Crippen molar-refractivity contribution >= 4 is 26.7 Å². The van der Waals surface area contributed by atoms with Gasteiger partial charge in [0.05, 0.1) is 4.90 Å². The molecule has 0 heterocycles. The minimum absolute atomic E-state index is 0.182. The highest BCUT2D eigenvalue weighted by molar-refractivity contribution is 7.90. The molecule has 0 amide bonds. The van der Waals surface area contributed by atoms with Gasteiger partial charge in [-0.1, -0.05) is 6.07 Å². The van der Waals surface area contributed by atoms with Crippen molar-refractivity contribution in [2.75, 3.05) is 6.26 Å². The second kappa shape index (κ2) is 4.32. The van der Waals surface area contributed by atoms with Crippen molar-refractivity contribution in [1.82, 2.24) is 0 Å². The zero-order chi connectivity index (χ0) is 13.8. The van der Waals surface area contributed by atoms with Gasteiger partial charge >= 0.3 is 0 Å². The first-order valence-electron chi connectivity index (χ1n) is 6.46. The van der Waals surface area contributed by atoms with Crippen LogP contribution in [0.2, 0.25) is 0 Å². The highest BCUT2D eigenvalue weighted by Gasteiger charge is 2.37. The SMILES string of the molecule is CS(=O)(=O)c1c(C2CC2)ccc(C(=O)Cl)c1C1CC1. The zero-order valence-electron chi connectivity index (χ0n) is 10.6. The highest BCUT2D eigenvalue weighted by atomic mass is 35.5. The third-order valence-electron chi connectivity index (χ3n) is 3.81. The number of benzene rings is 1. The molecule has 2 saturated carbocycles. The summed E-state index contributed by atoms with van der Waals surface area (Å²) in [5.41, 5.74) is 1.92. The molecule has 3 rings (SSSR count). The van der Waals surface area contributed by atoms with Crippen molar-refractivity contribution in [3.8, 4) is 0 Å². The first-order valence-corrected chi connectivity index (χ1v) is 8.73. The molecule has 1 aromatic rings. The molecule has 2 aliphatic carbocycles. The molecular weight excluding hydrogens is 284 g/mol. The third kappa shape index (κ3) is 2.43. The van der Waals surface area contributed by atoms with Gasteiger partial charge in [-0.25, -0.2) is 8.42 Å². The standard InChI is InChI=1S/C14H15ClO3S/c1-19(17,18)13-10(8-2-3-8)6-7-11(14(15)16)12(13)9-4-5-9/h6-9H,2-5H2,1H3. The Kier molecular flexibility index (Phi) is 2.98. The monoisotopic (exact) mass is 298 g/mol. The lowest BCUT2D eigenvalue weighted by Gasteiger charge is -2.15. The van der Waals surface area contributed by atoms with Crippen LogP contribution < -0.4 is 0 Å². The van der Waals surface area contributed by atoms with Gasteiger partial charge in [-0.3, -0.25) is 4.79 Å². The molecule has 0 bridgehead atoms. The van der Waals surface area contributed by atoms with Gasteiger partial charge < -0.3 is 0 Å². The maximum absolute atomic E-state index is 12.2. The number of carbonyl (C=O) groups excluding carboxylic acids is 1. The molecule has 0 radical (unpaired) electrons. The normalized spacial score (nSPS) is 19.5. The topological polar surface area (TPSA) is 51.2 Å². The van der Waals surface area contributed by atoms with Crippen molar-refractivity contribution in [3.05, 3.63) is 28.8 Å². The number of hydrogen-bond acceptors (Lipinski definition) is 3. The van der Waals surface area contributed by atoms with E-state index in [2.05, 4.69) is 0 Å². The molecule has 0 N–H and O–H groups in total. The predicted molar refractivity (Wildman–Crippen MR) is 73.7 cm³/mol. The van der Waals surface area contributed by atoms with Crippen LogP contribution in [0.15, 0.2) is 17.0 Å². The summed E-state index contributed by atoms with van der Waals surface area (Å²) in [6, 6.07) is 3.47. The Balaban J connectivity index is 2.31. The summed E-state index contributed by atoms with van der Waals surface area (Å²) in [5.74, 6) is 0.517. The molecule has 0 unspecified atom stereocenters. The molecule has 5 heteroatoms. The molecule has 3 nitrogen and oxygen atoms in total. The average molecular weight is 299 g/mol. The van der Waals surface area contributed by atoms with Crippen LogP contribution in [0.5, 0.6) is 0 Å². The van der Waals surface area contributed by atoms with E-state index in [1.165, 1.54) is 6.26 Å². The van der Waals surface area contributed by atoms with Gasteiger partial charge in [-0.05, 0) is 66.3 Å². The Hall–Kier alpha value is -0.870. The summed E-state index contributed by atoms with van der Waals surface area (Å²) >= 11 is 5.62. The van der Waals surface area contributed by atoms with Crippen LogP contribution in [-0.4, -0.2) is 19.9 Å². The number of rotatable bonds is 4. The Morgan fingerprint density at radius 2 is 1.74 bits per heavy atom. The van der Waals surface area contributed by atoms with Crippen LogP contribution in [0, 0.1) is 0 Å². The number of sulfone groups is 1. The minimum Gasteiger partial charge on any atom is -0.276 e. The lowest BCUT2D eigenvalue weighted by atomic mass is 9.98. The molecule has 2 fully saturated rings. The van der Waals surface area contributed by atoms with Crippen molar-refractivity contribution in [1.29, 1.82) is 0 Å². The number of halogens is 1. The Bertz CT molecular complexity index is 656. The molecule has 0 aliphatic heterocycles. The van der Waals surface area contributed by atoms with Crippen LogP contribution in [0.4, 0.5) is 0 Å². The van der Waals surface area contributed by atoms with E-state index in [-0.39, 0.29) is 5.92 Å². The predicted octanol–water partition coefficient (Wildman–Crippen LogP) is 3.22. The van der Waals surface area contributed by atoms with E-state index in [0.29, 0.717) is 21.9 Å². The molecule has 102 valence electrons. The summed E-state index contributed by atoms with van der Waals surface area (Å²) in [7, 11) is -3.34. The van der Waals surface area contributed by atoms with Crippen LogP contribution in [0.25, 0.3) is 0 Å². The average Bonchev–Trinajstić information content (AvgIpc) is 3.15. The molecule has 2 aliphatic rings. The van der Waals surface area contributed by atoms with Crippen molar-refractivity contribution in [2.45, 2.75) is 42.4 Å². The van der Waals surface area contributed by atoms with Crippen LogP contribution in [0.1, 0.15) is 59.0 Å². The van der Waals surface area contributed by atoms with E-state index in [0.717, 1.165) is 31.2 Å². The Morgan fingerprint density at radius 1 is 1.16 bits per heavy atom. The summed E-state index contributed by atoms with van der Waals surface area (Å²) in [6.45, 7) is 0. The summed E-state index contributed by atoms with van der Waals surface area (Å²) in [4.78, 5) is 11.9. The van der Waals surface area contributed by atoms with Gasteiger partial charge in [0, 0.05) is 11.8 Å². The largest absolute Gasteiger partial charge is 0.276 e. The van der Waals surface area contributed by atoms with E-state index < -0.39 is 15.1 Å². The smallest absolute Gasteiger partial charge is 0.252 e. The molecule has 0 aromatic heterocycles. The van der Waals surface area contributed by atoms with Crippen LogP contribution >= 0.6 is 11.6 Å². The summed E-state index contributed by atoms with van der Waals surface area (Å²) < 4.78 is 24.3. The molecule has 0 saturated heterocycles. The second-order valence-electron chi connectivity index (χ2n) is 5.54. The Labute approximate surface area is 117 Å². The maximum atomic E-state index is 12.2. The van der Waals surface area contributed by atoms with Gasteiger partial charge in [0.2, 0.25) is 0 Å². The lowest BCUT2D eigenvalue weighted by Crippen LogP contribution is -2.10. The Morgan fingerprint density at radius 3 is 2.16 bits per heavy atom. The first-order chi connectivity index (χ1) is 8.89. The van der Waals surface area contributed by atoms with Crippen molar-refractivity contribution < 1.29 is 13.2 Å². The fourth-order valence-corrected chi connectivity index (χ4v) is 4.20. The van der Waals surface area contributed by atoms with Gasteiger partial charge in [-0.15, -0.1) is 0 Å². The van der Waals surface area contributed by atoms with Crippen molar-refractivity contribution in [2.24, 2.45) is 0 Å². The second-order valence-corrected chi connectivity index (χ2v) is 7.84. The van der Waals surface area contributed by atoms with Crippen LogP contribution in [0.3, 0.4) is 0 Å². The lowest BCUT2D eigenvalue weighted by molar-refractivity contribution is 0.108. The van der Waals surface area contributed by atoms with E-state index in [9.17, 15) is 13.2 Å². The molecule has 0 spiro atoms. The highest BCUT2D eigenvalue weighted by Crippen LogP contribution is 2.50.